The fourth-order valence-corrected chi connectivity index (χ4v) is 2.45. The molecule has 0 spiro atoms. The average Bonchev–Trinajstić information content (AvgIpc) is 2.80. The third-order valence-corrected chi connectivity index (χ3v) is 3.37. The monoisotopic (exact) mass is 358 g/mol. The maximum atomic E-state index is 5.88. The summed E-state index contributed by atoms with van der Waals surface area (Å²) < 4.78 is 6.43. The second kappa shape index (κ2) is 4.96. The van der Waals surface area contributed by atoms with Crippen LogP contribution in [-0.2, 0) is 0 Å². The highest BCUT2D eigenvalue weighted by molar-refractivity contribution is 9.10. The molecule has 0 aliphatic carbocycles. The summed E-state index contributed by atoms with van der Waals surface area (Å²) in [4.78, 5) is 8.05. The fourth-order valence-electron chi connectivity index (χ4n) is 1.52. The molecule has 0 amide bonds. The second-order valence-corrected chi connectivity index (χ2v) is 5.24. The van der Waals surface area contributed by atoms with Crippen molar-refractivity contribution in [1.29, 1.82) is 0 Å². The molecule has 0 unspecified atom stereocenters. The minimum Gasteiger partial charge on any atom is -0.437 e. The molecule has 3 aromatic rings. The van der Waals surface area contributed by atoms with Gasteiger partial charge in [0, 0.05) is 5.02 Å². The molecule has 96 valence electrons. The molecule has 5 nitrogen and oxygen atoms in total. The Morgan fingerprint density at radius 3 is 2.84 bits per heavy atom. The van der Waals surface area contributed by atoms with Crippen molar-refractivity contribution in [3.05, 3.63) is 39.2 Å². The number of ether oxygens (including phenoxy) is 1. The molecule has 0 aliphatic rings. The van der Waals surface area contributed by atoms with Crippen molar-refractivity contribution >= 4 is 50.2 Å². The molecule has 0 saturated heterocycles. The molecule has 0 fully saturated rings. The van der Waals surface area contributed by atoms with Gasteiger partial charge < -0.3 is 4.74 Å². The van der Waals surface area contributed by atoms with Crippen molar-refractivity contribution in [3.8, 4) is 11.6 Å². The highest BCUT2D eigenvalue weighted by Crippen LogP contribution is 2.33. The number of fused-ring (bicyclic) bond motifs is 1. The molecule has 0 aliphatic heterocycles. The number of aromatic nitrogens is 4. The van der Waals surface area contributed by atoms with Gasteiger partial charge in [-0.2, -0.15) is 15.1 Å². The van der Waals surface area contributed by atoms with Crippen LogP contribution in [0.5, 0.6) is 11.6 Å². The molecule has 19 heavy (non-hydrogen) atoms. The lowest BCUT2D eigenvalue weighted by Crippen LogP contribution is -1.92. The number of nitrogens with zero attached hydrogens (tertiary/aromatic N) is 3. The smallest absolute Gasteiger partial charge is 0.234 e. The summed E-state index contributed by atoms with van der Waals surface area (Å²) in [7, 11) is 0. The third kappa shape index (κ3) is 2.51. The molecule has 0 radical (unpaired) electrons. The minimum atomic E-state index is 0.0804. The number of halogens is 3. The molecule has 0 atom stereocenters. The van der Waals surface area contributed by atoms with Gasteiger partial charge in [-0.3, -0.25) is 5.10 Å². The zero-order chi connectivity index (χ0) is 13.4. The van der Waals surface area contributed by atoms with Gasteiger partial charge in [0.15, 0.2) is 5.65 Å². The van der Waals surface area contributed by atoms with Gasteiger partial charge in [-0.15, -0.1) is 0 Å². The highest BCUT2D eigenvalue weighted by atomic mass is 79.9. The molecule has 0 saturated carbocycles. The Hall–Kier alpha value is -1.37. The van der Waals surface area contributed by atoms with Crippen molar-refractivity contribution in [3.63, 3.8) is 0 Å². The van der Waals surface area contributed by atoms with Gasteiger partial charge in [-0.1, -0.05) is 11.6 Å². The lowest BCUT2D eigenvalue weighted by molar-refractivity contribution is 0.465. The Morgan fingerprint density at radius 2 is 2.05 bits per heavy atom. The van der Waals surface area contributed by atoms with Crippen molar-refractivity contribution in [2.75, 3.05) is 0 Å². The zero-order valence-electron chi connectivity index (χ0n) is 9.19. The largest absolute Gasteiger partial charge is 0.437 e. The van der Waals surface area contributed by atoms with Crippen LogP contribution in [0.4, 0.5) is 0 Å². The molecule has 8 heteroatoms. The molecule has 1 aromatic carbocycles. The van der Waals surface area contributed by atoms with Gasteiger partial charge in [0.1, 0.15) is 11.1 Å². The van der Waals surface area contributed by atoms with E-state index in [1.165, 1.54) is 0 Å². The Labute approximate surface area is 126 Å². The van der Waals surface area contributed by atoms with Gasteiger partial charge >= 0.3 is 0 Å². The number of hydrogen-bond donors (Lipinski definition) is 1. The minimum absolute atomic E-state index is 0.0804. The van der Waals surface area contributed by atoms with Crippen LogP contribution in [0.25, 0.3) is 11.0 Å². The van der Waals surface area contributed by atoms with E-state index in [4.69, 9.17) is 27.9 Å². The van der Waals surface area contributed by atoms with E-state index in [2.05, 4.69) is 36.1 Å². The summed E-state index contributed by atoms with van der Waals surface area (Å²) in [5.41, 5.74) is 0.514. The number of H-pyrrole nitrogens is 1. The first-order valence-corrected chi connectivity index (χ1v) is 6.68. The average molecular weight is 360 g/mol. The summed E-state index contributed by atoms with van der Waals surface area (Å²) in [6, 6.07) is 5.18. The first-order chi connectivity index (χ1) is 9.13. The SMILES string of the molecule is Clc1ccc(Oc2nc(Cl)nc3[nH]ncc23)c(Br)c1. The Balaban J connectivity index is 2.07. The maximum Gasteiger partial charge on any atom is 0.234 e. The molecule has 3 rings (SSSR count). The fraction of sp³-hybridized carbons (Fsp3) is 0. The predicted octanol–water partition coefficient (Wildman–Crippen LogP) is 4.21. The normalized spacial score (nSPS) is 10.9. The Bertz CT molecular complexity index is 762. The van der Waals surface area contributed by atoms with E-state index in [0.29, 0.717) is 32.2 Å². The van der Waals surface area contributed by atoms with Crippen LogP contribution in [0.1, 0.15) is 0 Å². The lowest BCUT2D eigenvalue weighted by Gasteiger charge is -2.07. The summed E-state index contributed by atoms with van der Waals surface area (Å²) in [6.45, 7) is 0. The van der Waals surface area contributed by atoms with Gasteiger partial charge in [0.05, 0.1) is 10.7 Å². The van der Waals surface area contributed by atoms with Crippen LogP contribution >= 0.6 is 39.1 Å². The van der Waals surface area contributed by atoms with Crippen LogP contribution < -0.4 is 4.74 Å². The van der Waals surface area contributed by atoms with Crippen LogP contribution in [0.3, 0.4) is 0 Å². The summed E-state index contributed by atoms with van der Waals surface area (Å²) in [6.07, 6.45) is 1.57. The van der Waals surface area contributed by atoms with Crippen molar-refractivity contribution in [1.82, 2.24) is 20.2 Å². The Kier molecular flexibility index (Phi) is 3.30. The second-order valence-electron chi connectivity index (χ2n) is 3.61. The van der Waals surface area contributed by atoms with Gasteiger partial charge in [0.25, 0.3) is 0 Å². The van der Waals surface area contributed by atoms with E-state index in [1.807, 2.05) is 0 Å². The zero-order valence-corrected chi connectivity index (χ0v) is 12.3. The molecule has 0 bridgehead atoms. The van der Waals surface area contributed by atoms with Gasteiger partial charge in [0.2, 0.25) is 11.2 Å². The molecular formula is C11H5BrCl2N4O. The van der Waals surface area contributed by atoms with E-state index in [-0.39, 0.29) is 5.28 Å². The topological polar surface area (TPSA) is 63.7 Å². The van der Waals surface area contributed by atoms with Crippen molar-refractivity contribution in [2.24, 2.45) is 0 Å². The first-order valence-electron chi connectivity index (χ1n) is 5.13. The van der Waals surface area contributed by atoms with E-state index < -0.39 is 0 Å². The lowest BCUT2D eigenvalue weighted by atomic mass is 10.3. The van der Waals surface area contributed by atoms with Crippen LogP contribution in [0.15, 0.2) is 28.9 Å². The standard InChI is InChI=1S/C11H5BrCl2N4O/c12-7-3-5(13)1-2-8(7)19-10-6-4-15-18-9(6)16-11(14)17-10/h1-4H,(H,15,16,17,18). The van der Waals surface area contributed by atoms with E-state index >= 15 is 0 Å². The molecular weight excluding hydrogens is 355 g/mol. The quantitative estimate of drug-likeness (QED) is 0.696. The molecule has 1 N–H and O–H groups in total. The predicted molar refractivity (Wildman–Crippen MR) is 75.9 cm³/mol. The van der Waals surface area contributed by atoms with E-state index in [9.17, 15) is 0 Å². The van der Waals surface area contributed by atoms with Crippen LogP contribution in [-0.4, -0.2) is 20.2 Å². The summed E-state index contributed by atoms with van der Waals surface area (Å²) in [5, 5.41) is 7.92. The number of hydrogen-bond acceptors (Lipinski definition) is 4. The van der Waals surface area contributed by atoms with Gasteiger partial charge in [-0.25, -0.2) is 0 Å². The van der Waals surface area contributed by atoms with E-state index in [1.54, 1.807) is 24.4 Å². The molecule has 2 heterocycles. The first kappa shape index (κ1) is 12.7. The molecule has 2 aromatic heterocycles. The van der Waals surface area contributed by atoms with E-state index in [0.717, 1.165) is 0 Å². The highest BCUT2D eigenvalue weighted by Gasteiger charge is 2.12. The van der Waals surface area contributed by atoms with Crippen molar-refractivity contribution < 1.29 is 4.74 Å². The number of benzene rings is 1. The maximum absolute atomic E-state index is 5.88. The number of rotatable bonds is 2. The van der Waals surface area contributed by atoms with Crippen LogP contribution in [0, 0.1) is 0 Å². The third-order valence-electron chi connectivity index (χ3n) is 2.35. The number of aromatic amines is 1. The van der Waals surface area contributed by atoms with Gasteiger partial charge in [-0.05, 0) is 45.7 Å². The van der Waals surface area contributed by atoms with Crippen molar-refractivity contribution in [2.45, 2.75) is 0 Å². The number of nitrogens with one attached hydrogen (secondary N) is 1. The summed E-state index contributed by atoms with van der Waals surface area (Å²) in [5.74, 6) is 0.897. The summed E-state index contributed by atoms with van der Waals surface area (Å²) >= 11 is 15.1. The van der Waals surface area contributed by atoms with Crippen LogP contribution in [0.2, 0.25) is 10.3 Å². The Morgan fingerprint density at radius 1 is 1.21 bits per heavy atom.